The number of hydrogen-bond acceptors (Lipinski definition) is 3. The summed E-state index contributed by atoms with van der Waals surface area (Å²) in [6, 6.07) is 7.27. The number of aryl methyl sites for hydroxylation is 1. The van der Waals surface area contributed by atoms with Gasteiger partial charge >= 0.3 is 0 Å². The molecule has 0 bridgehead atoms. The van der Waals surface area contributed by atoms with Crippen LogP contribution in [0.2, 0.25) is 0 Å². The third-order valence-corrected chi connectivity index (χ3v) is 2.02. The smallest absolute Gasteiger partial charge is 0.247 e. The van der Waals surface area contributed by atoms with E-state index in [1.54, 1.807) is 29.2 Å². The van der Waals surface area contributed by atoms with Crippen LogP contribution in [-0.4, -0.2) is 20.7 Å². The van der Waals surface area contributed by atoms with E-state index in [1.165, 1.54) is 0 Å². The largest absolute Gasteiger partial charge is 0.309 e. The zero-order valence-electron chi connectivity index (χ0n) is 8.92. The molecule has 0 saturated carbocycles. The topological polar surface area (TPSA) is 59.8 Å². The highest BCUT2D eigenvalue weighted by Crippen LogP contribution is 2.03. The normalized spacial score (nSPS) is 10.1. The summed E-state index contributed by atoms with van der Waals surface area (Å²) in [5.41, 5.74) is 0.872. The average Bonchev–Trinajstić information content (AvgIpc) is 2.70. The van der Waals surface area contributed by atoms with E-state index >= 15 is 0 Å². The number of carbonyl (C=O) groups is 1. The SMILES string of the molecule is Cc1cccc(NC(=O)Cn2cccn2)n1. The number of nitrogens with one attached hydrogen (secondary N) is 1. The lowest BCUT2D eigenvalue weighted by Crippen LogP contribution is -2.19. The van der Waals surface area contributed by atoms with Crippen LogP contribution in [0.3, 0.4) is 0 Å². The molecule has 0 aliphatic rings. The van der Waals surface area contributed by atoms with Crippen molar-refractivity contribution in [2.45, 2.75) is 13.5 Å². The molecule has 0 aliphatic carbocycles. The summed E-state index contributed by atoms with van der Waals surface area (Å²) in [4.78, 5) is 15.8. The van der Waals surface area contributed by atoms with Crippen LogP contribution in [0, 0.1) is 6.92 Å². The molecule has 0 unspecified atom stereocenters. The van der Waals surface area contributed by atoms with Gasteiger partial charge in [0.15, 0.2) is 0 Å². The number of anilines is 1. The number of hydrogen-bond donors (Lipinski definition) is 1. The molecule has 0 saturated heterocycles. The van der Waals surface area contributed by atoms with Gasteiger partial charge in [-0.25, -0.2) is 4.98 Å². The van der Waals surface area contributed by atoms with Gasteiger partial charge in [0.1, 0.15) is 12.4 Å². The first-order valence-electron chi connectivity index (χ1n) is 4.95. The fourth-order valence-electron chi connectivity index (χ4n) is 1.34. The zero-order valence-corrected chi connectivity index (χ0v) is 8.92. The fourth-order valence-corrected chi connectivity index (χ4v) is 1.34. The monoisotopic (exact) mass is 216 g/mol. The molecule has 2 heterocycles. The van der Waals surface area contributed by atoms with Crippen molar-refractivity contribution in [3.05, 3.63) is 42.4 Å². The van der Waals surface area contributed by atoms with Gasteiger partial charge in [0.05, 0.1) is 0 Å². The number of rotatable bonds is 3. The van der Waals surface area contributed by atoms with Crippen LogP contribution in [0.5, 0.6) is 0 Å². The van der Waals surface area contributed by atoms with E-state index in [9.17, 15) is 4.79 Å². The highest BCUT2D eigenvalue weighted by molar-refractivity contribution is 5.89. The van der Waals surface area contributed by atoms with E-state index in [0.717, 1.165) is 5.69 Å². The van der Waals surface area contributed by atoms with Gasteiger partial charge < -0.3 is 5.32 Å². The van der Waals surface area contributed by atoms with Gasteiger partial charge in [-0.2, -0.15) is 5.10 Å². The van der Waals surface area contributed by atoms with Gasteiger partial charge in [-0.1, -0.05) is 6.07 Å². The Morgan fingerprint density at radius 3 is 3.00 bits per heavy atom. The van der Waals surface area contributed by atoms with Gasteiger partial charge in [-0.15, -0.1) is 0 Å². The number of aromatic nitrogens is 3. The Balaban J connectivity index is 1.97. The molecule has 16 heavy (non-hydrogen) atoms. The second-order valence-corrected chi connectivity index (χ2v) is 3.42. The molecule has 0 spiro atoms. The Morgan fingerprint density at radius 2 is 2.31 bits per heavy atom. The molecule has 2 aromatic heterocycles. The summed E-state index contributed by atoms with van der Waals surface area (Å²) in [6.07, 6.45) is 3.38. The molecular weight excluding hydrogens is 204 g/mol. The van der Waals surface area contributed by atoms with Crippen molar-refractivity contribution in [2.75, 3.05) is 5.32 Å². The second-order valence-electron chi connectivity index (χ2n) is 3.42. The maximum Gasteiger partial charge on any atom is 0.247 e. The van der Waals surface area contributed by atoms with Gasteiger partial charge in [-0.3, -0.25) is 9.48 Å². The number of pyridine rings is 1. The third-order valence-electron chi connectivity index (χ3n) is 2.02. The molecule has 1 amide bonds. The Labute approximate surface area is 93.1 Å². The Bertz CT molecular complexity index is 478. The van der Waals surface area contributed by atoms with Gasteiger partial charge in [-0.05, 0) is 25.1 Å². The minimum atomic E-state index is -0.137. The summed E-state index contributed by atoms with van der Waals surface area (Å²) in [5.74, 6) is 0.430. The molecule has 82 valence electrons. The number of nitrogens with zero attached hydrogens (tertiary/aromatic N) is 3. The first kappa shape index (κ1) is 10.4. The minimum absolute atomic E-state index is 0.137. The minimum Gasteiger partial charge on any atom is -0.309 e. The number of amides is 1. The van der Waals surface area contributed by atoms with Crippen molar-refractivity contribution in [1.82, 2.24) is 14.8 Å². The molecule has 0 aliphatic heterocycles. The molecule has 5 nitrogen and oxygen atoms in total. The highest BCUT2D eigenvalue weighted by Gasteiger charge is 2.04. The average molecular weight is 216 g/mol. The van der Waals surface area contributed by atoms with Crippen LogP contribution in [0.15, 0.2) is 36.7 Å². The van der Waals surface area contributed by atoms with E-state index < -0.39 is 0 Å². The maximum atomic E-state index is 11.6. The highest BCUT2D eigenvalue weighted by atomic mass is 16.2. The van der Waals surface area contributed by atoms with Crippen LogP contribution < -0.4 is 5.32 Å². The Morgan fingerprint density at radius 1 is 1.44 bits per heavy atom. The van der Waals surface area contributed by atoms with Crippen molar-refractivity contribution in [3.8, 4) is 0 Å². The molecule has 5 heteroatoms. The summed E-state index contributed by atoms with van der Waals surface area (Å²) in [5, 5.41) is 6.66. The lowest BCUT2D eigenvalue weighted by atomic mass is 10.4. The van der Waals surface area contributed by atoms with Crippen molar-refractivity contribution in [2.24, 2.45) is 0 Å². The summed E-state index contributed by atoms with van der Waals surface area (Å²) >= 11 is 0. The first-order chi connectivity index (χ1) is 7.74. The molecule has 0 aromatic carbocycles. The second kappa shape index (κ2) is 4.57. The lowest BCUT2D eigenvalue weighted by Gasteiger charge is -2.04. The first-order valence-corrected chi connectivity index (χ1v) is 4.95. The maximum absolute atomic E-state index is 11.6. The zero-order chi connectivity index (χ0) is 11.4. The van der Waals surface area contributed by atoms with E-state index in [-0.39, 0.29) is 12.5 Å². The standard InChI is InChI=1S/C11H12N4O/c1-9-4-2-5-10(13-9)14-11(16)8-15-7-3-6-12-15/h2-7H,8H2,1H3,(H,13,14,16). The van der Waals surface area contributed by atoms with Crippen LogP contribution in [0.1, 0.15) is 5.69 Å². The third kappa shape index (κ3) is 2.66. The van der Waals surface area contributed by atoms with Gasteiger partial charge in [0, 0.05) is 18.1 Å². The van der Waals surface area contributed by atoms with E-state index in [4.69, 9.17) is 0 Å². The molecule has 0 radical (unpaired) electrons. The molecular formula is C11H12N4O. The fraction of sp³-hybridized carbons (Fsp3) is 0.182. The van der Waals surface area contributed by atoms with Crippen molar-refractivity contribution >= 4 is 11.7 Å². The van der Waals surface area contributed by atoms with Crippen molar-refractivity contribution in [3.63, 3.8) is 0 Å². The van der Waals surface area contributed by atoms with Gasteiger partial charge in [0.2, 0.25) is 5.91 Å². The lowest BCUT2D eigenvalue weighted by molar-refractivity contribution is -0.116. The summed E-state index contributed by atoms with van der Waals surface area (Å²) in [7, 11) is 0. The Hall–Kier alpha value is -2.17. The quantitative estimate of drug-likeness (QED) is 0.839. The molecule has 2 rings (SSSR count). The summed E-state index contributed by atoms with van der Waals surface area (Å²) in [6.45, 7) is 2.08. The van der Waals surface area contributed by atoms with Crippen LogP contribution in [0.25, 0.3) is 0 Å². The number of carbonyl (C=O) groups excluding carboxylic acids is 1. The predicted molar refractivity (Wildman–Crippen MR) is 59.8 cm³/mol. The molecule has 1 N–H and O–H groups in total. The van der Waals surface area contributed by atoms with E-state index in [1.807, 2.05) is 19.1 Å². The van der Waals surface area contributed by atoms with Crippen molar-refractivity contribution < 1.29 is 4.79 Å². The molecule has 0 atom stereocenters. The van der Waals surface area contributed by atoms with Crippen LogP contribution in [-0.2, 0) is 11.3 Å². The predicted octanol–water partition coefficient (Wildman–Crippen LogP) is 1.23. The Kier molecular flexibility index (Phi) is 2.95. The van der Waals surface area contributed by atoms with Crippen molar-refractivity contribution in [1.29, 1.82) is 0 Å². The summed E-state index contributed by atoms with van der Waals surface area (Å²) < 4.78 is 1.56. The van der Waals surface area contributed by atoms with Crippen LogP contribution in [0.4, 0.5) is 5.82 Å². The molecule has 0 fully saturated rings. The van der Waals surface area contributed by atoms with E-state index in [0.29, 0.717) is 5.82 Å². The molecule has 2 aromatic rings. The van der Waals surface area contributed by atoms with Crippen LogP contribution >= 0.6 is 0 Å². The van der Waals surface area contributed by atoms with E-state index in [2.05, 4.69) is 15.4 Å². The van der Waals surface area contributed by atoms with Gasteiger partial charge in [0.25, 0.3) is 0 Å².